The molecule has 2 aromatic carbocycles. The molecule has 0 spiro atoms. The van der Waals surface area contributed by atoms with E-state index in [1.54, 1.807) is 13.4 Å². The number of hydrogen-bond donors (Lipinski definition) is 1. The number of ether oxygens (including phenoxy) is 1. The number of amides is 1. The first-order valence-corrected chi connectivity index (χ1v) is 8.61. The summed E-state index contributed by atoms with van der Waals surface area (Å²) in [4.78, 5) is 12.7. The third kappa shape index (κ3) is 2.88. The van der Waals surface area contributed by atoms with Gasteiger partial charge < -0.3 is 14.5 Å². The van der Waals surface area contributed by atoms with Crippen LogP contribution in [0, 0.1) is 0 Å². The van der Waals surface area contributed by atoms with Crippen molar-refractivity contribution in [2.75, 3.05) is 7.11 Å². The van der Waals surface area contributed by atoms with Crippen LogP contribution in [0.1, 0.15) is 30.4 Å². The van der Waals surface area contributed by atoms with Gasteiger partial charge in [0, 0.05) is 17.0 Å². The molecule has 1 amide bonds. The lowest BCUT2D eigenvalue weighted by atomic mass is 9.71. The van der Waals surface area contributed by atoms with Crippen molar-refractivity contribution < 1.29 is 13.9 Å². The highest BCUT2D eigenvalue weighted by atomic mass is 16.5. The van der Waals surface area contributed by atoms with Gasteiger partial charge in [0.25, 0.3) is 0 Å². The van der Waals surface area contributed by atoms with Gasteiger partial charge >= 0.3 is 0 Å². The number of nitrogens with one attached hydrogen (secondary N) is 1. The molecule has 0 aliphatic heterocycles. The van der Waals surface area contributed by atoms with Gasteiger partial charge in [-0.2, -0.15) is 0 Å². The standard InChI is InChI=1S/C21H21NO3/c1-24-17-8-9-18-15(14-25-19(18)13-17)12-20(23)22-21(10-5-11-21)16-6-3-2-4-7-16/h2-4,6-9,13-14H,5,10-12H2,1H3,(H,22,23). The molecule has 1 aromatic heterocycles. The summed E-state index contributed by atoms with van der Waals surface area (Å²) >= 11 is 0. The molecule has 4 heteroatoms. The lowest BCUT2D eigenvalue weighted by molar-refractivity contribution is -0.123. The molecule has 4 nitrogen and oxygen atoms in total. The largest absolute Gasteiger partial charge is 0.497 e. The lowest BCUT2D eigenvalue weighted by Gasteiger charge is -2.43. The van der Waals surface area contributed by atoms with Crippen LogP contribution in [0.15, 0.2) is 59.2 Å². The van der Waals surface area contributed by atoms with Gasteiger partial charge in [-0.25, -0.2) is 0 Å². The minimum Gasteiger partial charge on any atom is -0.497 e. The van der Waals surface area contributed by atoms with Gasteiger partial charge in [0.05, 0.1) is 25.3 Å². The molecule has 25 heavy (non-hydrogen) atoms. The topological polar surface area (TPSA) is 51.5 Å². The van der Waals surface area contributed by atoms with Crippen molar-refractivity contribution in [3.63, 3.8) is 0 Å². The Morgan fingerprint density at radius 1 is 1.20 bits per heavy atom. The minimum atomic E-state index is -0.207. The smallest absolute Gasteiger partial charge is 0.225 e. The second-order valence-corrected chi connectivity index (χ2v) is 6.65. The number of carbonyl (C=O) groups excluding carboxylic acids is 1. The van der Waals surface area contributed by atoms with Crippen LogP contribution in [-0.4, -0.2) is 13.0 Å². The SMILES string of the molecule is COc1ccc2c(CC(=O)NC3(c4ccccc4)CCC3)coc2c1. The highest BCUT2D eigenvalue weighted by Gasteiger charge is 2.39. The number of methoxy groups -OCH3 is 1. The number of carbonyl (C=O) groups is 1. The summed E-state index contributed by atoms with van der Waals surface area (Å²) in [5.74, 6) is 0.775. The van der Waals surface area contributed by atoms with Crippen molar-refractivity contribution in [1.29, 1.82) is 0 Å². The Morgan fingerprint density at radius 2 is 2.00 bits per heavy atom. The Balaban J connectivity index is 1.52. The second-order valence-electron chi connectivity index (χ2n) is 6.65. The Bertz CT molecular complexity index is 894. The fourth-order valence-electron chi connectivity index (χ4n) is 3.58. The molecular formula is C21H21NO3. The first-order valence-electron chi connectivity index (χ1n) is 8.61. The summed E-state index contributed by atoms with van der Waals surface area (Å²) in [7, 11) is 1.63. The van der Waals surface area contributed by atoms with Crippen LogP contribution in [0.3, 0.4) is 0 Å². The summed E-state index contributed by atoms with van der Waals surface area (Å²) in [6.45, 7) is 0. The maximum atomic E-state index is 12.7. The number of furan rings is 1. The molecule has 0 radical (unpaired) electrons. The maximum Gasteiger partial charge on any atom is 0.225 e. The van der Waals surface area contributed by atoms with Gasteiger partial charge in [-0.05, 0) is 37.0 Å². The van der Waals surface area contributed by atoms with E-state index >= 15 is 0 Å². The van der Waals surface area contributed by atoms with E-state index < -0.39 is 0 Å². The van der Waals surface area contributed by atoms with Crippen LogP contribution in [-0.2, 0) is 16.8 Å². The first-order chi connectivity index (χ1) is 12.2. The minimum absolute atomic E-state index is 0.0297. The van der Waals surface area contributed by atoms with E-state index in [9.17, 15) is 4.79 Å². The number of hydrogen-bond acceptors (Lipinski definition) is 3. The molecule has 1 heterocycles. The van der Waals surface area contributed by atoms with Crippen molar-refractivity contribution in [3.8, 4) is 5.75 Å². The van der Waals surface area contributed by atoms with Crippen LogP contribution in [0.4, 0.5) is 0 Å². The fourth-order valence-corrected chi connectivity index (χ4v) is 3.58. The molecule has 1 N–H and O–H groups in total. The van der Waals surface area contributed by atoms with E-state index in [-0.39, 0.29) is 11.4 Å². The number of rotatable bonds is 5. The van der Waals surface area contributed by atoms with Crippen LogP contribution < -0.4 is 10.1 Å². The van der Waals surface area contributed by atoms with Crippen molar-refractivity contribution >= 4 is 16.9 Å². The van der Waals surface area contributed by atoms with Gasteiger partial charge in [-0.1, -0.05) is 30.3 Å². The molecule has 1 saturated carbocycles. The molecule has 0 bridgehead atoms. The van der Waals surface area contributed by atoms with E-state index in [0.29, 0.717) is 6.42 Å². The zero-order valence-corrected chi connectivity index (χ0v) is 14.2. The van der Waals surface area contributed by atoms with Gasteiger partial charge in [-0.3, -0.25) is 4.79 Å². The van der Waals surface area contributed by atoms with Gasteiger partial charge in [0.2, 0.25) is 5.91 Å². The zero-order valence-electron chi connectivity index (χ0n) is 14.2. The fraction of sp³-hybridized carbons (Fsp3) is 0.286. The maximum absolute atomic E-state index is 12.7. The van der Waals surface area contributed by atoms with Crippen molar-refractivity contribution in [2.24, 2.45) is 0 Å². The molecule has 1 fully saturated rings. The average molecular weight is 335 g/mol. The second kappa shape index (κ2) is 6.28. The van der Waals surface area contributed by atoms with E-state index in [1.807, 2.05) is 36.4 Å². The Morgan fingerprint density at radius 3 is 2.68 bits per heavy atom. The Hall–Kier alpha value is -2.75. The zero-order chi connectivity index (χ0) is 17.3. The monoisotopic (exact) mass is 335 g/mol. The predicted molar refractivity (Wildman–Crippen MR) is 96.6 cm³/mol. The van der Waals surface area contributed by atoms with E-state index in [0.717, 1.165) is 41.5 Å². The summed E-state index contributed by atoms with van der Waals surface area (Å²) < 4.78 is 10.8. The molecule has 1 aliphatic carbocycles. The van der Waals surface area contributed by atoms with Crippen LogP contribution in [0.5, 0.6) is 5.75 Å². The number of fused-ring (bicyclic) bond motifs is 1. The normalized spacial score (nSPS) is 15.6. The summed E-state index contributed by atoms with van der Waals surface area (Å²) in [6, 6.07) is 15.9. The van der Waals surface area contributed by atoms with Crippen molar-refractivity contribution in [1.82, 2.24) is 5.32 Å². The van der Waals surface area contributed by atoms with E-state index in [1.165, 1.54) is 5.56 Å². The van der Waals surface area contributed by atoms with Gasteiger partial charge in [-0.15, -0.1) is 0 Å². The Kier molecular flexibility index (Phi) is 3.96. The molecule has 4 rings (SSSR count). The summed E-state index contributed by atoms with van der Waals surface area (Å²) in [5, 5.41) is 4.22. The third-order valence-corrected chi connectivity index (χ3v) is 5.13. The van der Waals surface area contributed by atoms with Crippen LogP contribution in [0.25, 0.3) is 11.0 Å². The number of benzene rings is 2. The van der Waals surface area contributed by atoms with E-state index in [2.05, 4.69) is 17.4 Å². The molecule has 0 saturated heterocycles. The van der Waals surface area contributed by atoms with Crippen molar-refractivity contribution in [2.45, 2.75) is 31.2 Å². The lowest BCUT2D eigenvalue weighted by Crippen LogP contribution is -2.51. The molecular weight excluding hydrogens is 314 g/mol. The molecule has 0 unspecified atom stereocenters. The van der Waals surface area contributed by atoms with E-state index in [4.69, 9.17) is 9.15 Å². The summed E-state index contributed by atoms with van der Waals surface area (Å²) in [6.07, 6.45) is 5.11. The molecule has 1 aliphatic rings. The Labute approximate surface area is 146 Å². The summed E-state index contributed by atoms with van der Waals surface area (Å²) in [5.41, 5.74) is 2.62. The highest BCUT2D eigenvalue weighted by Crippen LogP contribution is 2.41. The van der Waals surface area contributed by atoms with Gasteiger partial charge in [0.1, 0.15) is 11.3 Å². The van der Waals surface area contributed by atoms with Crippen LogP contribution >= 0.6 is 0 Å². The molecule has 0 atom stereocenters. The molecule has 128 valence electrons. The predicted octanol–water partition coefficient (Wildman–Crippen LogP) is 4.18. The first kappa shape index (κ1) is 15.8. The van der Waals surface area contributed by atoms with Crippen molar-refractivity contribution in [3.05, 3.63) is 65.9 Å². The highest BCUT2D eigenvalue weighted by molar-refractivity contribution is 5.88. The quantitative estimate of drug-likeness (QED) is 0.761. The molecule has 3 aromatic rings. The third-order valence-electron chi connectivity index (χ3n) is 5.13. The van der Waals surface area contributed by atoms with Crippen LogP contribution in [0.2, 0.25) is 0 Å². The van der Waals surface area contributed by atoms with Gasteiger partial charge in [0.15, 0.2) is 0 Å². The average Bonchev–Trinajstić information content (AvgIpc) is 3.01.